The van der Waals surface area contributed by atoms with Crippen LogP contribution in [0.2, 0.25) is 0 Å². The molecule has 0 spiro atoms. The maximum Gasteiger partial charge on any atom is 0.0218 e. The zero-order chi connectivity index (χ0) is 13.2. The highest BCUT2D eigenvalue weighted by atomic mass is 15.2. The Morgan fingerprint density at radius 2 is 1.94 bits per heavy atom. The molecule has 1 aliphatic carbocycles. The van der Waals surface area contributed by atoms with Gasteiger partial charge in [0.25, 0.3) is 0 Å². The first-order valence-corrected chi connectivity index (χ1v) is 7.98. The Hall–Kier alpha value is -0.0800. The van der Waals surface area contributed by atoms with E-state index < -0.39 is 0 Å². The van der Waals surface area contributed by atoms with Gasteiger partial charge in [-0.2, -0.15) is 0 Å². The van der Waals surface area contributed by atoms with Gasteiger partial charge in [-0.05, 0) is 43.7 Å². The van der Waals surface area contributed by atoms with Crippen molar-refractivity contribution in [3.05, 3.63) is 0 Å². The summed E-state index contributed by atoms with van der Waals surface area (Å²) in [6.45, 7) is 13.4. The van der Waals surface area contributed by atoms with Crippen molar-refractivity contribution in [2.24, 2.45) is 11.3 Å². The van der Waals surface area contributed by atoms with Gasteiger partial charge in [0.05, 0.1) is 0 Å². The average molecular weight is 252 g/mol. The SMILES string of the molecule is CC(C)C1CN(C2CCCCC2(C)C)CCCN1. The van der Waals surface area contributed by atoms with Crippen molar-refractivity contribution in [3.8, 4) is 0 Å². The van der Waals surface area contributed by atoms with E-state index in [2.05, 4.69) is 37.9 Å². The van der Waals surface area contributed by atoms with Crippen molar-refractivity contribution in [1.82, 2.24) is 10.2 Å². The minimum absolute atomic E-state index is 0.518. The van der Waals surface area contributed by atoms with Crippen LogP contribution in [0.4, 0.5) is 0 Å². The standard InChI is InChI=1S/C16H32N2/c1-13(2)14-12-18(11-7-10-17-14)15-8-5-6-9-16(15,3)4/h13-15,17H,5-12H2,1-4H3. The van der Waals surface area contributed by atoms with E-state index in [4.69, 9.17) is 0 Å². The van der Waals surface area contributed by atoms with Gasteiger partial charge in [0.1, 0.15) is 0 Å². The molecule has 0 aromatic heterocycles. The fourth-order valence-electron chi connectivity index (χ4n) is 3.86. The van der Waals surface area contributed by atoms with Crippen LogP contribution in [0.25, 0.3) is 0 Å². The first kappa shape index (κ1) is 14.3. The highest BCUT2D eigenvalue weighted by molar-refractivity contribution is 4.92. The van der Waals surface area contributed by atoms with Gasteiger partial charge in [0.15, 0.2) is 0 Å². The number of hydrogen-bond acceptors (Lipinski definition) is 2. The second-order valence-corrected chi connectivity index (χ2v) is 7.40. The van der Waals surface area contributed by atoms with Gasteiger partial charge in [-0.3, -0.25) is 4.90 Å². The summed E-state index contributed by atoms with van der Waals surface area (Å²) >= 11 is 0. The molecule has 106 valence electrons. The highest BCUT2D eigenvalue weighted by Crippen LogP contribution is 2.39. The molecule has 1 aliphatic heterocycles. The van der Waals surface area contributed by atoms with Crippen LogP contribution >= 0.6 is 0 Å². The molecule has 2 heteroatoms. The highest BCUT2D eigenvalue weighted by Gasteiger charge is 2.37. The number of rotatable bonds is 2. The van der Waals surface area contributed by atoms with Crippen LogP contribution in [0.1, 0.15) is 59.8 Å². The molecule has 0 radical (unpaired) electrons. The molecule has 18 heavy (non-hydrogen) atoms. The third-order valence-corrected chi connectivity index (χ3v) is 5.16. The molecule has 1 saturated carbocycles. The molecule has 0 aromatic rings. The molecule has 1 heterocycles. The zero-order valence-corrected chi connectivity index (χ0v) is 12.8. The van der Waals surface area contributed by atoms with Crippen LogP contribution in [-0.4, -0.2) is 36.6 Å². The molecule has 1 saturated heterocycles. The van der Waals surface area contributed by atoms with Gasteiger partial charge in [0.2, 0.25) is 0 Å². The molecular formula is C16H32N2. The van der Waals surface area contributed by atoms with Gasteiger partial charge < -0.3 is 5.32 Å². The maximum absolute atomic E-state index is 3.74. The predicted octanol–water partition coefficient (Wildman–Crippen LogP) is 3.28. The van der Waals surface area contributed by atoms with E-state index in [1.807, 2.05) is 0 Å². The van der Waals surface area contributed by atoms with Crippen molar-refractivity contribution in [2.75, 3.05) is 19.6 Å². The predicted molar refractivity (Wildman–Crippen MR) is 78.9 cm³/mol. The van der Waals surface area contributed by atoms with E-state index in [1.54, 1.807) is 0 Å². The van der Waals surface area contributed by atoms with E-state index in [1.165, 1.54) is 51.7 Å². The van der Waals surface area contributed by atoms with Crippen LogP contribution in [0.15, 0.2) is 0 Å². The first-order valence-electron chi connectivity index (χ1n) is 7.98. The van der Waals surface area contributed by atoms with Gasteiger partial charge in [-0.25, -0.2) is 0 Å². The average Bonchev–Trinajstić information content (AvgIpc) is 2.54. The summed E-state index contributed by atoms with van der Waals surface area (Å²) in [6.07, 6.45) is 7.01. The second kappa shape index (κ2) is 5.92. The summed E-state index contributed by atoms with van der Waals surface area (Å²) in [5, 5.41) is 3.74. The van der Waals surface area contributed by atoms with E-state index in [9.17, 15) is 0 Å². The lowest BCUT2D eigenvalue weighted by molar-refractivity contribution is 0.0447. The van der Waals surface area contributed by atoms with E-state index in [0.29, 0.717) is 11.5 Å². The van der Waals surface area contributed by atoms with E-state index in [-0.39, 0.29) is 0 Å². The summed E-state index contributed by atoms with van der Waals surface area (Å²) in [5.74, 6) is 0.748. The fourth-order valence-corrected chi connectivity index (χ4v) is 3.86. The lowest BCUT2D eigenvalue weighted by Crippen LogP contribution is -2.51. The minimum atomic E-state index is 0.518. The molecule has 2 aliphatic rings. The van der Waals surface area contributed by atoms with Crippen LogP contribution in [-0.2, 0) is 0 Å². The molecule has 2 fully saturated rings. The fraction of sp³-hybridized carbons (Fsp3) is 1.00. The Kier molecular flexibility index (Phi) is 4.71. The number of nitrogens with zero attached hydrogens (tertiary/aromatic N) is 1. The van der Waals surface area contributed by atoms with Crippen LogP contribution in [0.5, 0.6) is 0 Å². The molecule has 0 bridgehead atoms. The largest absolute Gasteiger partial charge is 0.312 e. The van der Waals surface area contributed by atoms with Crippen molar-refractivity contribution < 1.29 is 0 Å². The van der Waals surface area contributed by atoms with Crippen molar-refractivity contribution >= 4 is 0 Å². The molecule has 1 N–H and O–H groups in total. The van der Waals surface area contributed by atoms with Crippen molar-refractivity contribution in [2.45, 2.75) is 71.9 Å². The summed E-state index contributed by atoms with van der Waals surface area (Å²) in [4.78, 5) is 2.81. The van der Waals surface area contributed by atoms with Crippen molar-refractivity contribution in [3.63, 3.8) is 0 Å². The molecule has 2 atom stereocenters. The summed E-state index contributed by atoms with van der Waals surface area (Å²) < 4.78 is 0. The minimum Gasteiger partial charge on any atom is -0.312 e. The topological polar surface area (TPSA) is 15.3 Å². The molecule has 2 rings (SSSR count). The van der Waals surface area contributed by atoms with Crippen LogP contribution < -0.4 is 5.32 Å². The third-order valence-electron chi connectivity index (χ3n) is 5.16. The molecule has 2 unspecified atom stereocenters. The third kappa shape index (κ3) is 3.27. The Balaban J connectivity index is 2.05. The quantitative estimate of drug-likeness (QED) is 0.811. The van der Waals surface area contributed by atoms with Crippen LogP contribution in [0, 0.1) is 11.3 Å². The normalized spacial score (nSPS) is 34.5. The van der Waals surface area contributed by atoms with E-state index >= 15 is 0 Å². The second-order valence-electron chi connectivity index (χ2n) is 7.40. The molecule has 2 nitrogen and oxygen atoms in total. The first-order chi connectivity index (χ1) is 8.50. The Morgan fingerprint density at radius 3 is 2.61 bits per heavy atom. The monoisotopic (exact) mass is 252 g/mol. The summed E-state index contributed by atoms with van der Waals surface area (Å²) in [5.41, 5.74) is 0.518. The maximum atomic E-state index is 3.74. The van der Waals surface area contributed by atoms with Crippen molar-refractivity contribution in [1.29, 1.82) is 0 Å². The number of nitrogens with one attached hydrogen (secondary N) is 1. The Bertz CT molecular complexity index is 260. The summed E-state index contributed by atoms with van der Waals surface area (Å²) in [6, 6.07) is 1.50. The molecular weight excluding hydrogens is 220 g/mol. The number of hydrogen-bond donors (Lipinski definition) is 1. The van der Waals surface area contributed by atoms with Gasteiger partial charge in [0, 0.05) is 18.6 Å². The zero-order valence-electron chi connectivity index (χ0n) is 12.8. The van der Waals surface area contributed by atoms with Gasteiger partial charge in [-0.15, -0.1) is 0 Å². The Labute approximate surface area is 114 Å². The van der Waals surface area contributed by atoms with Gasteiger partial charge in [-0.1, -0.05) is 40.5 Å². The molecule has 0 aromatic carbocycles. The smallest absolute Gasteiger partial charge is 0.0218 e. The van der Waals surface area contributed by atoms with Crippen LogP contribution in [0.3, 0.4) is 0 Å². The lowest BCUT2D eigenvalue weighted by atomic mass is 9.72. The van der Waals surface area contributed by atoms with Gasteiger partial charge >= 0.3 is 0 Å². The van der Waals surface area contributed by atoms with E-state index in [0.717, 1.165) is 12.0 Å². The Morgan fingerprint density at radius 1 is 1.17 bits per heavy atom. The summed E-state index contributed by atoms with van der Waals surface area (Å²) in [7, 11) is 0. The molecule has 0 amide bonds. The lowest BCUT2D eigenvalue weighted by Gasteiger charge is -2.46.